The zero-order chi connectivity index (χ0) is 53.5. The lowest BCUT2D eigenvalue weighted by molar-refractivity contribution is -0.385. The van der Waals surface area contributed by atoms with Crippen molar-refractivity contribution in [3.8, 4) is 0 Å². The number of esters is 4. The Kier molecular flexibility index (Phi) is 15.3. The van der Waals surface area contributed by atoms with Crippen molar-refractivity contribution >= 4 is 78.9 Å². The van der Waals surface area contributed by atoms with Gasteiger partial charge in [-0.3, -0.25) is 20.2 Å². The average Bonchev–Trinajstić information content (AvgIpc) is 4.23. The summed E-state index contributed by atoms with van der Waals surface area (Å²) in [5, 5.41) is 33.2. The summed E-state index contributed by atoms with van der Waals surface area (Å²) in [6, 6.07) is 41.8. The van der Waals surface area contributed by atoms with Gasteiger partial charge in [-0.2, -0.15) is 0 Å². The van der Waals surface area contributed by atoms with Gasteiger partial charge >= 0.3 is 23.9 Å². The number of H-pyrrole nitrogens is 4. The predicted molar refractivity (Wildman–Crippen MR) is 279 cm³/mol. The second-order valence-corrected chi connectivity index (χ2v) is 16.7. The standard InChI is InChI=1S/2C27H21N3O6.C2H6O/c2*1-35-26(31)24-22(17-7-3-5-9-19(17)28-24)21(15-11-13-16(14-12-15)30(33)34)23-18-8-4-6-10-20(18)29-25(23)27(32)36-2;1-2-3/h2*3-14,21,28-29H,1-2H3;3H,2H2,1H3. The Labute approximate surface area is 426 Å². The van der Waals surface area contributed by atoms with Gasteiger partial charge in [0.2, 0.25) is 0 Å². The number of carbonyl (C=O) groups excluding carboxylic acids is 4. The Morgan fingerprint density at radius 1 is 0.427 bits per heavy atom. The van der Waals surface area contributed by atoms with E-state index in [1.54, 1.807) is 31.2 Å². The highest BCUT2D eigenvalue weighted by Crippen LogP contribution is 2.45. The lowest BCUT2D eigenvalue weighted by Gasteiger charge is -2.20. The third kappa shape index (κ3) is 9.90. The summed E-state index contributed by atoms with van der Waals surface area (Å²) in [4.78, 5) is 86.1. The highest BCUT2D eigenvalue weighted by molar-refractivity contribution is 6.05. The molecule has 0 unspecified atom stereocenters. The first-order chi connectivity index (χ1) is 36.3. The van der Waals surface area contributed by atoms with E-state index in [9.17, 15) is 39.4 Å². The molecule has 0 fully saturated rings. The van der Waals surface area contributed by atoms with Gasteiger partial charge in [0.15, 0.2) is 0 Å². The van der Waals surface area contributed by atoms with Crippen LogP contribution in [0.25, 0.3) is 43.6 Å². The Bertz CT molecular complexity index is 3340. The Balaban J connectivity index is 0.000000189. The van der Waals surface area contributed by atoms with E-state index >= 15 is 0 Å². The summed E-state index contributed by atoms with van der Waals surface area (Å²) in [6.07, 6.45) is 0. The molecule has 0 aliphatic heterocycles. The van der Waals surface area contributed by atoms with Gasteiger partial charge in [-0.1, -0.05) is 97.1 Å². The highest BCUT2D eigenvalue weighted by atomic mass is 16.6. The van der Waals surface area contributed by atoms with Gasteiger partial charge in [0.1, 0.15) is 22.8 Å². The topological polar surface area (TPSA) is 275 Å². The number of fused-ring (bicyclic) bond motifs is 4. The third-order valence-electron chi connectivity index (χ3n) is 12.6. The first kappa shape index (κ1) is 51.5. The van der Waals surface area contributed by atoms with Gasteiger partial charge in [0, 0.05) is 109 Å². The molecule has 0 aliphatic rings. The number of nitrogens with zero attached hydrogens (tertiary/aromatic N) is 2. The van der Waals surface area contributed by atoms with Gasteiger partial charge in [0.25, 0.3) is 11.4 Å². The molecule has 380 valence electrons. The van der Waals surface area contributed by atoms with Gasteiger partial charge in [-0.25, -0.2) is 19.2 Å². The number of aromatic nitrogens is 4. The molecule has 0 atom stereocenters. The maximum atomic E-state index is 12.9. The predicted octanol–water partition coefficient (Wildman–Crippen LogP) is 10.6. The first-order valence-corrected chi connectivity index (χ1v) is 23.2. The summed E-state index contributed by atoms with van der Waals surface area (Å²) >= 11 is 0. The largest absolute Gasteiger partial charge is 0.464 e. The van der Waals surface area contributed by atoms with E-state index in [0.717, 1.165) is 21.5 Å². The van der Waals surface area contributed by atoms with E-state index in [0.29, 0.717) is 55.4 Å². The van der Waals surface area contributed by atoms with Crippen LogP contribution in [-0.2, 0) is 18.9 Å². The van der Waals surface area contributed by atoms with Crippen molar-refractivity contribution in [2.45, 2.75) is 18.8 Å². The zero-order valence-corrected chi connectivity index (χ0v) is 41.0. The SMILES string of the molecule is CCO.COC(=O)c1[nH]c2ccccc2c1C(c1ccc([N+](=O)[O-])cc1)c1c(C(=O)OC)[nH]c2ccccc12.COC(=O)c1[nH]c2ccccc2c1C(c1ccc([N+](=O)[O-])cc1)c1c(C(=O)OC)[nH]c2ccccc12. The van der Waals surface area contributed by atoms with Crippen LogP contribution in [0.5, 0.6) is 0 Å². The summed E-state index contributed by atoms with van der Waals surface area (Å²) in [6.45, 7) is 1.93. The van der Waals surface area contributed by atoms with Crippen molar-refractivity contribution in [2.24, 2.45) is 0 Å². The number of hydrogen-bond acceptors (Lipinski definition) is 13. The quantitative estimate of drug-likeness (QED) is 0.0330. The van der Waals surface area contributed by atoms with Crippen LogP contribution in [0, 0.1) is 20.2 Å². The molecule has 0 spiro atoms. The van der Waals surface area contributed by atoms with Crippen LogP contribution in [0.3, 0.4) is 0 Å². The monoisotopic (exact) mass is 1010 g/mol. The van der Waals surface area contributed by atoms with Crippen LogP contribution in [0.2, 0.25) is 0 Å². The van der Waals surface area contributed by atoms with Crippen LogP contribution in [0.1, 0.15) is 94.1 Å². The smallest absolute Gasteiger partial charge is 0.354 e. The molecule has 0 aliphatic carbocycles. The van der Waals surface area contributed by atoms with Crippen LogP contribution in [0.15, 0.2) is 146 Å². The number of methoxy groups -OCH3 is 4. The van der Waals surface area contributed by atoms with Crippen molar-refractivity contribution < 1.29 is 53.1 Å². The van der Waals surface area contributed by atoms with Crippen molar-refractivity contribution in [2.75, 3.05) is 35.0 Å². The molecular formula is C56H48N6O13. The van der Waals surface area contributed by atoms with E-state index in [2.05, 4.69) is 19.9 Å². The fourth-order valence-corrected chi connectivity index (χ4v) is 9.44. The molecule has 0 radical (unpaired) electrons. The van der Waals surface area contributed by atoms with Crippen molar-refractivity contribution in [1.29, 1.82) is 0 Å². The second-order valence-electron chi connectivity index (χ2n) is 16.7. The Morgan fingerprint density at radius 2 is 0.640 bits per heavy atom. The van der Waals surface area contributed by atoms with Crippen LogP contribution >= 0.6 is 0 Å². The maximum absolute atomic E-state index is 12.9. The molecule has 10 aromatic rings. The van der Waals surface area contributed by atoms with Gasteiger partial charge < -0.3 is 44.0 Å². The number of non-ortho nitro benzene ring substituents is 2. The van der Waals surface area contributed by atoms with E-state index in [4.69, 9.17) is 24.1 Å². The minimum atomic E-state index is -0.679. The van der Waals surface area contributed by atoms with E-state index < -0.39 is 45.6 Å². The van der Waals surface area contributed by atoms with Crippen LogP contribution < -0.4 is 0 Å². The molecule has 0 amide bonds. The van der Waals surface area contributed by atoms with Gasteiger partial charge in [-0.05, 0) is 42.3 Å². The minimum Gasteiger partial charge on any atom is -0.464 e. The molecule has 0 saturated carbocycles. The zero-order valence-electron chi connectivity index (χ0n) is 41.0. The Morgan fingerprint density at radius 3 is 0.840 bits per heavy atom. The number of aliphatic hydroxyl groups is 1. The molecule has 0 saturated heterocycles. The normalized spacial score (nSPS) is 11.0. The molecule has 19 heteroatoms. The van der Waals surface area contributed by atoms with Crippen molar-refractivity contribution in [1.82, 2.24) is 19.9 Å². The number of aromatic amines is 4. The summed E-state index contributed by atoms with van der Waals surface area (Å²) in [7, 11) is 5.18. The average molecular weight is 1010 g/mol. The summed E-state index contributed by atoms with van der Waals surface area (Å²) in [5.41, 5.74) is 7.21. The highest BCUT2D eigenvalue weighted by Gasteiger charge is 2.36. The molecule has 6 aromatic carbocycles. The number of rotatable bonds is 12. The molecule has 5 N–H and O–H groups in total. The first-order valence-electron chi connectivity index (χ1n) is 23.2. The molecule has 75 heavy (non-hydrogen) atoms. The number of carbonyl (C=O) groups is 4. The van der Waals surface area contributed by atoms with Crippen LogP contribution in [-0.4, -0.2) is 93.8 Å². The molecule has 4 heterocycles. The van der Waals surface area contributed by atoms with E-state index in [-0.39, 0.29) is 40.8 Å². The lowest BCUT2D eigenvalue weighted by Crippen LogP contribution is -2.14. The molecule has 19 nitrogen and oxygen atoms in total. The van der Waals surface area contributed by atoms with Crippen molar-refractivity contribution in [3.63, 3.8) is 0 Å². The third-order valence-corrected chi connectivity index (χ3v) is 12.6. The van der Waals surface area contributed by atoms with Crippen molar-refractivity contribution in [3.05, 3.63) is 222 Å². The number of hydrogen-bond donors (Lipinski definition) is 5. The molecular weight excluding hydrogens is 965 g/mol. The fraction of sp³-hybridized carbons (Fsp3) is 0.143. The number of nitrogens with one attached hydrogen (secondary N) is 4. The number of nitro groups is 2. The van der Waals surface area contributed by atoms with Gasteiger partial charge in [0.05, 0.1) is 38.3 Å². The fourth-order valence-electron chi connectivity index (χ4n) is 9.44. The number of ether oxygens (including phenoxy) is 4. The summed E-state index contributed by atoms with van der Waals surface area (Å²) < 4.78 is 20.4. The minimum absolute atomic E-state index is 0.0725. The number of nitro benzene ring substituents is 2. The van der Waals surface area contributed by atoms with E-state index in [1.165, 1.54) is 52.7 Å². The summed E-state index contributed by atoms with van der Waals surface area (Å²) in [5.74, 6) is -3.66. The van der Waals surface area contributed by atoms with E-state index in [1.807, 2.05) is 97.1 Å². The second kappa shape index (κ2) is 22.3. The van der Waals surface area contributed by atoms with Crippen LogP contribution in [0.4, 0.5) is 11.4 Å². The molecule has 10 rings (SSSR count). The number of benzene rings is 6. The number of aliphatic hydroxyl groups excluding tert-OH is 1. The van der Waals surface area contributed by atoms with Gasteiger partial charge in [-0.15, -0.1) is 0 Å². The molecule has 4 aromatic heterocycles. The lowest BCUT2D eigenvalue weighted by atomic mass is 9.81. The molecule has 0 bridgehead atoms. The Hall–Kier alpha value is -9.88. The number of para-hydroxylation sites is 4. The maximum Gasteiger partial charge on any atom is 0.354 e.